The lowest BCUT2D eigenvalue weighted by molar-refractivity contribution is 0.377. The second-order valence-electron chi connectivity index (χ2n) is 4.96. The Hall–Kier alpha value is -0.610. The highest BCUT2D eigenvalue weighted by Gasteiger charge is 2.31. The van der Waals surface area contributed by atoms with Crippen LogP contribution in [0.25, 0.3) is 0 Å². The van der Waals surface area contributed by atoms with E-state index in [-0.39, 0.29) is 5.54 Å². The molecule has 1 N–H and O–H groups in total. The van der Waals surface area contributed by atoms with Crippen molar-refractivity contribution in [1.29, 1.82) is 0 Å². The zero-order valence-electron chi connectivity index (χ0n) is 10.0. The molecule has 0 aliphatic carbocycles. The number of rotatable bonds is 1. The van der Waals surface area contributed by atoms with Crippen molar-refractivity contribution in [3.05, 3.63) is 22.3 Å². The molecule has 1 aromatic heterocycles. The lowest BCUT2D eigenvalue weighted by Crippen LogP contribution is -2.58. The molecule has 0 aromatic carbocycles. The predicted molar refractivity (Wildman–Crippen MR) is 71.0 cm³/mol. The van der Waals surface area contributed by atoms with Gasteiger partial charge in [-0.1, -0.05) is 0 Å². The number of hydrogen-bond donors (Lipinski definition) is 1. The lowest BCUT2D eigenvalue weighted by Gasteiger charge is -2.44. The maximum atomic E-state index is 4.55. The summed E-state index contributed by atoms with van der Waals surface area (Å²) in [6, 6.07) is 2.13. The van der Waals surface area contributed by atoms with Crippen LogP contribution >= 0.6 is 15.9 Å². The molecule has 0 amide bonds. The smallest absolute Gasteiger partial charge is 0.143 e. The van der Waals surface area contributed by atoms with Gasteiger partial charge in [-0.25, -0.2) is 4.98 Å². The van der Waals surface area contributed by atoms with Gasteiger partial charge >= 0.3 is 0 Å². The fourth-order valence-corrected chi connectivity index (χ4v) is 2.78. The number of aryl methyl sites for hydroxylation is 1. The van der Waals surface area contributed by atoms with Gasteiger partial charge in [-0.05, 0) is 48.3 Å². The summed E-state index contributed by atoms with van der Waals surface area (Å²) in [5.41, 5.74) is 1.30. The second-order valence-corrected chi connectivity index (χ2v) is 5.81. The minimum Gasteiger partial charge on any atom is -0.348 e. The van der Waals surface area contributed by atoms with E-state index in [0.29, 0.717) is 0 Å². The standard InChI is InChI=1S/C12H18BrN3/c1-9-6-10(13)11(15-7-9)16-5-4-14-8-12(16,2)3/h6-7,14H,4-5,8H2,1-3H3. The van der Waals surface area contributed by atoms with Crippen LogP contribution in [-0.2, 0) is 0 Å². The Balaban J connectivity index is 2.35. The second kappa shape index (κ2) is 4.34. The maximum Gasteiger partial charge on any atom is 0.143 e. The minimum atomic E-state index is 0.114. The van der Waals surface area contributed by atoms with Gasteiger partial charge in [0.1, 0.15) is 5.82 Å². The third kappa shape index (κ3) is 2.23. The zero-order chi connectivity index (χ0) is 11.8. The Bertz CT molecular complexity index is 390. The van der Waals surface area contributed by atoms with Gasteiger partial charge in [-0.2, -0.15) is 0 Å². The third-order valence-corrected chi connectivity index (χ3v) is 3.60. The maximum absolute atomic E-state index is 4.55. The van der Waals surface area contributed by atoms with Crippen molar-refractivity contribution in [1.82, 2.24) is 10.3 Å². The highest BCUT2D eigenvalue weighted by Crippen LogP contribution is 2.30. The van der Waals surface area contributed by atoms with Crippen molar-refractivity contribution in [3.63, 3.8) is 0 Å². The number of piperazine rings is 1. The van der Waals surface area contributed by atoms with Crippen LogP contribution in [0.2, 0.25) is 0 Å². The fourth-order valence-electron chi connectivity index (χ4n) is 2.10. The van der Waals surface area contributed by atoms with Crippen molar-refractivity contribution in [2.75, 3.05) is 24.5 Å². The van der Waals surface area contributed by atoms with Crippen LogP contribution < -0.4 is 10.2 Å². The van der Waals surface area contributed by atoms with Gasteiger partial charge in [0.05, 0.1) is 4.47 Å². The van der Waals surface area contributed by atoms with Gasteiger partial charge in [0, 0.05) is 31.4 Å². The molecule has 3 nitrogen and oxygen atoms in total. The molecule has 0 atom stereocenters. The average Bonchev–Trinajstić information content (AvgIpc) is 2.19. The van der Waals surface area contributed by atoms with Crippen molar-refractivity contribution in [3.8, 4) is 0 Å². The van der Waals surface area contributed by atoms with E-state index >= 15 is 0 Å². The Morgan fingerprint density at radius 3 is 2.88 bits per heavy atom. The van der Waals surface area contributed by atoms with Crippen LogP contribution in [0.15, 0.2) is 16.7 Å². The summed E-state index contributed by atoms with van der Waals surface area (Å²) < 4.78 is 1.09. The van der Waals surface area contributed by atoms with E-state index in [0.717, 1.165) is 29.9 Å². The summed E-state index contributed by atoms with van der Waals surface area (Å²) in [5, 5.41) is 3.42. The first-order chi connectivity index (χ1) is 7.50. The molecule has 16 heavy (non-hydrogen) atoms. The van der Waals surface area contributed by atoms with Crippen LogP contribution in [0.4, 0.5) is 5.82 Å². The third-order valence-electron chi connectivity index (χ3n) is 3.01. The van der Waals surface area contributed by atoms with Crippen molar-refractivity contribution in [2.45, 2.75) is 26.3 Å². The molecule has 2 heterocycles. The number of hydrogen-bond acceptors (Lipinski definition) is 3. The van der Waals surface area contributed by atoms with Crippen LogP contribution in [-0.4, -0.2) is 30.2 Å². The van der Waals surface area contributed by atoms with Gasteiger partial charge < -0.3 is 10.2 Å². The van der Waals surface area contributed by atoms with Crippen LogP contribution in [0.1, 0.15) is 19.4 Å². The average molecular weight is 284 g/mol. The Morgan fingerprint density at radius 2 is 2.25 bits per heavy atom. The topological polar surface area (TPSA) is 28.2 Å². The van der Waals surface area contributed by atoms with Crippen molar-refractivity contribution in [2.24, 2.45) is 0 Å². The van der Waals surface area contributed by atoms with Gasteiger partial charge in [-0.3, -0.25) is 0 Å². The quantitative estimate of drug-likeness (QED) is 0.858. The molecule has 2 rings (SSSR count). The van der Waals surface area contributed by atoms with Crippen molar-refractivity contribution < 1.29 is 0 Å². The molecule has 4 heteroatoms. The SMILES string of the molecule is Cc1cnc(N2CCNCC2(C)C)c(Br)c1. The van der Waals surface area contributed by atoms with Crippen LogP contribution in [0.5, 0.6) is 0 Å². The summed E-state index contributed by atoms with van der Waals surface area (Å²) >= 11 is 3.61. The lowest BCUT2D eigenvalue weighted by atomic mass is 10.0. The summed E-state index contributed by atoms with van der Waals surface area (Å²) in [6.45, 7) is 9.56. The Kier molecular flexibility index (Phi) is 3.22. The number of halogens is 1. The number of anilines is 1. The van der Waals surface area contributed by atoms with Gasteiger partial charge in [0.2, 0.25) is 0 Å². The van der Waals surface area contributed by atoms with Crippen LogP contribution in [0.3, 0.4) is 0 Å². The first-order valence-corrected chi connectivity index (χ1v) is 6.40. The largest absolute Gasteiger partial charge is 0.348 e. The Labute approximate surface area is 105 Å². The highest BCUT2D eigenvalue weighted by atomic mass is 79.9. The van der Waals surface area contributed by atoms with Crippen molar-refractivity contribution >= 4 is 21.7 Å². The van der Waals surface area contributed by atoms with E-state index in [4.69, 9.17) is 0 Å². The van der Waals surface area contributed by atoms with E-state index in [9.17, 15) is 0 Å². The number of pyridine rings is 1. The molecule has 88 valence electrons. The molecule has 0 radical (unpaired) electrons. The first-order valence-electron chi connectivity index (χ1n) is 5.61. The van der Waals surface area contributed by atoms with Crippen LogP contribution in [0, 0.1) is 6.92 Å². The Morgan fingerprint density at radius 1 is 1.50 bits per heavy atom. The van der Waals surface area contributed by atoms with Gasteiger partial charge in [-0.15, -0.1) is 0 Å². The molecule has 0 unspecified atom stereocenters. The normalized spacial score (nSPS) is 19.9. The molecule has 1 fully saturated rings. The van der Waals surface area contributed by atoms with E-state index in [2.05, 4.69) is 58.0 Å². The first kappa shape index (κ1) is 11.9. The summed E-state index contributed by atoms with van der Waals surface area (Å²) in [4.78, 5) is 6.92. The number of nitrogens with zero attached hydrogens (tertiary/aromatic N) is 2. The molecule has 1 aliphatic heterocycles. The van der Waals surface area contributed by atoms with E-state index in [1.54, 1.807) is 0 Å². The summed E-state index contributed by atoms with van der Waals surface area (Å²) in [6.07, 6.45) is 1.93. The molecule has 1 aliphatic rings. The highest BCUT2D eigenvalue weighted by molar-refractivity contribution is 9.10. The molecule has 0 bridgehead atoms. The molecule has 0 saturated carbocycles. The molecular formula is C12H18BrN3. The number of aromatic nitrogens is 1. The van der Waals surface area contributed by atoms with E-state index in [1.165, 1.54) is 5.56 Å². The minimum absolute atomic E-state index is 0.114. The fraction of sp³-hybridized carbons (Fsp3) is 0.583. The molecule has 1 aromatic rings. The molecule has 1 saturated heterocycles. The summed E-state index contributed by atoms with van der Waals surface area (Å²) in [7, 11) is 0. The number of nitrogens with one attached hydrogen (secondary N) is 1. The van der Waals surface area contributed by atoms with E-state index < -0.39 is 0 Å². The van der Waals surface area contributed by atoms with Gasteiger partial charge in [0.25, 0.3) is 0 Å². The van der Waals surface area contributed by atoms with Gasteiger partial charge in [0.15, 0.2) is 0 Å². The summed E-state index contributed by atoms with van der Waals surface area (Å²) in [5.74, 6) is 1.05. The predicted octanol–water partition coefficient (Wildman–Crippen LogP) is 2.34. The van der Waals surface area contributed by atoms with E-state index in [1.807, 2.05) is 6.20 Å². The monoisotopic (exact) mass is 283 g/mol. The molecular weight excluding hydrogens is 266 g/mol. The zero-order valence-corrected chi connectivity index (χ0v) is 11.6. The molecule has 0 spiro atoms.